The molecule has 0 aromatic heterocycles. The SMILES string of the molecule is COc1ccc(CCNC(=O)NC2CC(=O)N(c3ccc(OC)cc3)C2)cc1. The van der Waals surface area contributed by atoms with Crippen LogP contribution in [0.25, 0.3) is 0 Å². The van der Waals surface area contributed by atoms with Crippen molar-refractivity contribution < 1.29 is 19.1 Å². The Morgan fingerprint density at radius 2 is 1.64 bits per heavy atom. The van der Waals surface area contributed by atoms with Gasteiger partial charge in [0.1, 0.15) is 11.5 Å². The van der Waals surface area contributed by atoms with E-state index in [2.05, 4.69) is 10.6 Å². The predicted octanol–water partition coefficient (Wildman–Crippen LogP) is 2.35. The predicted molar refractivity (Wildman–Crippen MR) is 107 cm³/mol. The van der Waals surface area contributed by atoms with Gasteiger partial charge in [-0.05, 0) is 48.4 Å². The molecule has 28 heavy (non-hydrogen) atoms. The molecule has 1 aliphatic heterocycles. The van der Waals surface area contributed by atoms with Crippen LogP contribution in [0, 0.1) is 0 Å². The Morgan fingerprint density at radius 1 is 1.04 bits per heavy atom. The molecule has 2 N–H and O–H groups in total. The largest absolute Gasteiger partial charge is 0.497 e. The molecule has 0 saturated carbocycles. The lowest BCUT2D eigenvalue weighted by Gasteiger charge is -2.17. The third-order valence-corrected chi connectivity index (χ3v) is 4.70. The van der Waals surface area contributed by atoms with E-state index in [1.54, 1.807) is 19.1 Å². The van der Waals surface area contributed by atoms with Gasteiger partial charge in [-0.2, -0.15) is 0 Å². The van der Waals surface area contributed by atoms with Crippen LogP contribution in [0.2, 0.25) is 0 Å². The molecular formula is C21H25N3O4. The number of ether oxygens (including phenoxy) is 2. The van der Waals surface area contributed by atoms with E-state index >= 15 is 0 Å². The molecule has 1 saturated heterocycles. The molecule has 3 rings (SSSR count). The summed E-state index contributed by atoms with van der Waals surface area (Å²) >= 11 is 0. The Balaban J connectivity index is 1.44. The summed E-state index contributed by atoms with van der Waals surface area (Å²) in [6.07, 6.45) is 1.01. The van der Waals surface area contributed by atoms with E-state index in [1.807, 2.05) is 48.5 Å². The van der Waals surface area contributed by atoms with Gasteiger partial charge in [-0.1, -0.05) is 12.1 Å². The molecule has 0 aliphatic carbocycles. The second kappa shape index (κ2) is 9.12. The number of urea groups is 1. The van der Waals surface area contributed by atoms with Crippen LogP contribution in [0.4, 0.5) is 10.5 Å². The lowest BCUT2D eigenvalue weighted by molar-refractivity contribution is -0.117. The van der Waals surface area contributed by atoms with Crippen molar-refractivity contribution in [2.45, 2.75) is 18.9 Å². The number of hydrogen-bond acceptors (Lipinski definition) is 4. The summed E-state index contributed by atoms with van der Waals surface area (Å²) in [4.78, 5) is 26.1. The van der Waals surface area contributed by atoms with Crippen LogP contribution in [0.1, 0.15) is 12.0 Å². The van der Waals surface area contributed by atoms with E-state index < -0.39 is 0 Å². The minimum Gasteiger partial charge on any atom is -0.497 e. The molecule has 1 fully saturated rings. The average molecular weight is 383 g/mol. The fraction of sp³-hybridized carbons (Fsp3) is 0.333. The number of carbonyl (C=O) groups is 2. The number of methoxy groups -OCH3 is 2. The summed E-state index contributed by atoms with van der Waals surface area (Å²) in [5, 5.41) is 5.72. The van der Waals surface area contributed by atoms with Gasteiger partial charge in [-0.15, -0.1) is 0 Å². The second-order valence-electron chi connectivity index (χ2n) is 6.60. The fourth-order valence-corrected chi connectivity index (χ4v) is 3.16. The van der Waals surface area contributed by atoms with Gasteiger partial charge in [-0.3, -0.25) is 4.79 Å². The first-order valence-electron chi connectivity index (χ1n) is 9.21. The summed E-state index contributed by atoms with van der Waals surface area (Å²) < 4.78 is 10.3. The Hall–Kier alpha value is -3.22. The number of hydrogen-bond donors (Lipinski definition) is 2. The van der Waals surface area contributed by atoms with Gasteiger partial charge in [0.25, 0.3) is 0 Å². The molecule has 2 aromatic rings. The van der Waals surface area contributed by atoms with E-state index in [4.69, 9.17) is 9.47 Å². The highest BCUT2D eigenvalue weighted by Crippen LogP contribution is 2.24. The number of amides is 3. The highest BCUT2D eigenvalue weighted by Gasteiger charge is 2.31. The zero-order valence-electron chi connectivity index (χ0n) is 16.1. The number of benzene rings is 2. The van der Waals surface area contributed by atoms with Crippen LogP contribution in [0.5, 0.6) is 11.5 Å². The molecule has 7 heteroatoms. The van der Waals surface area contributed by atoms with Crippen molar-refractivity contribution >= 4 is 17.6 Å². The van der Waals surface area contributed by atoms with Gasteiger partial charge in [0.15, 0.2) is 0 Å². The number of anilines is 1. The summed E-state index contributed by atoms with van der Waals surface area (Å²) in [6, 6.07) is 14.6. The van der Waals surface area contributed by atoms with Crippen molar-refractivity contribution in [2.24, 2.45) is 0 Å². The van der Waals surface area contributed by atoms with E-state index in [0.29, 0.717) is 13.1 Å². The van der Waals surface area contributed by atoms with Crippen molar-refractivity contribution in [3.63, 3.8) is 0 Å². The maximum atomic E-state index is 12.3. The Kier molecular flexibility index (Phi) is 6.37. The van der Waals surface area contributed by atoms with Crippen LogP contribution in [-0.4, -0.2) is 45.3 Å². The van der Waals surface area contributed by atoms with Gasteiger partial charge < -0.3 is 25.0 Å². The first-order valence-corrected chi connectivity index (χ1v) is 9.21. The lowest BCUT2D eigenvalue weighted by Crippen LogP contribution is -2.43. The van der Waals surface area contributed by atoms with E-state index in [9.17, 15) is 9.59 Å². The Labute approximate surface area is 164 Å². The summed E-state index contributed by atoms with van der Waals surface area (Å²) in [6.45, 7) is 0.970. The van der Waals surface area contributed by atoms with Crippen LogP contribution in [-0.2, 0) is 11.2 Å². The Bertz CT molecular complexity index is 805. The monoisotopic (exact) mass is 383 g/mol. The number of nitrogens with zero attached hydrogens (tertiary/aromatic N) is 1. The molecule has 1 unspecified atom stereocenters. The smallest absolute Gasteiger partial charge is 0.315 e. The third-order valence-electron chi connectivity index (χ3n) is 4.70. The lowest BCUT2D eigenvalue weighted by atomic mass is 10.1. The fourth-order valence-electron chi connectivity index (χ4n) is 3.16. The third kappa shape index (κ3) is 4.94. The van der Waals surface area contributed by atoms with Gasteiger partial charge in [0, 0.05) is 25.2 Å². The van der Waals surface area contributed by atoms with Crippen molar-refractivity contribution in [1.82, 2.24) is 10.6 Å². The molecule has 1 atom stereocenters. The highest BCUT2D eigenvalue weighted by molar-refractivity contribution is 5.96. The van der Waals surface area contributed by atoms with Crippen LogP contribution >= 0.6 is 0 Å². The first-order chi connectivity index (χ1) is 13.6. The van der Waals surface area contributed by atoms with E-state index in [-0.39, 0.29) is 24.4 Å². The molecule has 7 nitrogen and oxygen atoms in total. The molecule has 0 radical (unpaired) electrons. The van der Waals surface area contributed by atoms with Gasteiger partial charge in [-0.25, -0.2) is 4.79 Å². The van der Waals surface area contributed by atoms with Crippen LogP contribution in [0.15, 0.2) is 48.5 Å². The zero-order valence-corrected chi connectivity index (χ0v) is 16.1. The van der Waals surface area contributed by atoms with E-state index in [0.717, 1.165) is 29.2 Å². The van der Waals surface area contributed by atoms with Gasteiger partial charge in [0.05, 0.1) is 20.3 Å². The standard InChI is InChI=1S/C21H25N3O4/c1-27-18-7-3-15(4-8-18)11-12-22-21(26)23-16-13-20(25)24(14-16)17-5-9-19(28-2)10-6-17/h3-10,16H,11-14H2,1-2H3,(H2,22,23,26). The quantitative estimate of drug-likeness (QED) is 0.769. The highest BCUT2D eigenvalue weighted by atomic mass is 16.5. The zero-order chi connectivity index (χ0) is 19.9. The second-order valence-corrected chi connectivity index (χ2v) is 6.60. The van der Waals surface area contributed by atoms with Crippen LogP contribution < -0.4 is 25.0 Å². The normalized spacial score (nSPS) is 16.0. The molecule has 3 amide bonds. The van der Waals surface area contributed by atoms with Crippen molar-refractivity contribution in [2.75, 3.05) is 32.2 Å². The molecule has 0 bridgehead atoms. The van der Waals surface area contributed by atoms with Crippen LogP contribution in [0.3, 0.4) is 0 Å². The topological polar surface area (TPSA) is 79.9 Å². The van der Waals surface area contributed by atoms with Crippen molar-refractivity contribution in [1.29, 1.82) is 0 Å². The molecule has 2 aromatic carbocycles. The number of nitrogens with one attached hydrogen (secondary N) is 2. The maximum Gasteiger partial charge on any atom is 0.315 e. The van der Waals surface area contributed by atoms with Crippen molar-refractivity contribution in [3.05, 3.63) is 54.1 Å². The molecular weight excluding hydrogens is 358 g/mol. The van der Waals surface area contributed by atoms with Gasteiger partial charge >= 0.3 is 6.03 Å². The molecule has 0 spiro atoms. The average Bonchev–Trinajstić information content (AvgIpc) is 3.08. The van der Waals surface area contributed by atoms with E-state index in [1.165, 1.54) is 0 Å². The Morgan fingerprint density at radius 3 is 2.25 bits per heavy atom. The first kappa shape index (κ1) is 19.5. The molecule has 148 valence electrons. The molecule has 1 aliphatic rings. The summed E-state index contributed by atoms with van der Waals surface area (Å²) in [5.41, 5.74) is 1.91. The minimum atomic E-state index is -0.261. The maximum absolute atomic E-state index is 12.3. The summed E-state index contributed by atoms with van der Waals surface area (Å²) in [7, 11) is 3.23. The summed E-state index contributed by atoms with van der Waals surface area (Å²) in [5.74, 6) is 1.54. The number of rotatable bonds is 7. The van der Waals surface area contributed by atoms with Gasteiger partial charge in [0.2, 0.25) is 5.91 Å². The van der Waals surface area contributed by atoms with Crippen molar-refractivity contribution in [3.8, 4) is 11.5 Å². The molecule has 1 heterocycles. The number of carbonyl (C=O) groups excluding carboxylic acids is 2. The minimum absolute atomic E-state index is 0.00583.